The number of nitrogens with zero attached hydrogens (tertiary/aromatic N) is 2. The SMILES string of the molecule is CCC1CCSC(=NC2CCN(C)C2=O)N1. The monoisotopic (exact) mass is 241 g/mol. The molecule has 0 aromatic heterocycles. The first-order valence-electron chi connectivity index (χ1n) is 5.92. The molecule has 0 aliphatic carbocycles. The molecule has 1 amide bonds. The van der Waals surface area contributed by atoms with Crippen molar-refractivity contribution in [1.82, 2.24) is 10.2 Å². The minimum Gasteiger partial charge on any atom is -0.362 e. The Labute approximate surface area is 101 Å². The molecule has 1 N–H and O–H groups in total. The van der Waals surface area contributed by atoms with Crippen LogP contribution in [0.1, 0.15) is 26.2 Å². The fourth-order valence-corrected chi connectivity index (χ4v) is 3.08. The second-order valence-corrected chi connectivity index (χ2v) is 5.47. The Bertz CT molecular complexity index is 306. The average molecular weight is 241 g/mol. The maximum absolute atomic E-state index is 11.7. The molecule has 90 valence electrons. The van der Waals surface area contributed by atoms with Crippen LogP contribution in [0.5, 0.6) is 0 Å². The summed E-state index contributed by atoms with van der Waals surface area (Å²) >= 11 is 1.74. The lowest BCUT2D eigenvalue weighted by molar-refractivity contribution is -0.127. The van der Waals surface area contributed by atoms with Crippen molar-refractivity contribution >= 4 is 22.8 Å². The van der Waals surface area contributed by atoms with Crippen molar-refractivity contribution in [2.24, 2.45) is 4.99 Å². The van der Waals surface area contributed by atoms with Gasteiger partial charge in [-0.15, -0.1) is 0 Å². The molecule has 0 saturated carbocycles. The number of hydrogen-bond donors (Lipinski definition) is 1. The minimum absolute atomic E-state index is 0.143. The first kappa shape index (κ1) is 11.8. The van der Waals surface area contributed by atoms with Crippen molar-refractivity contribution < 1.29 is 4.79 Å². The zero-order valence-electron chi connectivity index (χ0n) is 9.90. The van der Waals surface area contributed by atoms with Crippen LogP contribution < -0.4 is 5.32 Å². The first-order chi connectivity index (χ1) is 7.70. The molecule has 2 heterocycles. The van der Waals surface area contributed by atoms with E-state index in [0.717, 1.165) is 30.3 Å². The molecule has 2 aliphatic heterocycles. The number of amidine groups is 1. The van der Waals surface area contributed by atoms with E-state index in [4.69, 9.17) is 0 Å². The number of carbonyl (C=O) groups excluding carboxylic acids is 1. The van der Waals surface area contributed by atoms with Gasteiger partial charge in [0, 0.05) is 25.4 Å². The highest BCUT2D eigenvalue weighted by Gasteiger charge is 2.29. The average Bonchev–Trinajstić information content (AvgIpc) is 2.61. The summed E-state index contributed by atoms with van der Waals surface area (Å²) < 4.78 is 0. The second-order valence-electron chi connectivity index (χ2n) is 4.39. The van der Waals surface area contributed by atoms with Crippen molar-refractivity contribution in [1.29, 1.82) is 0 Å². The van der Waals surface area contributed by atoms with Gasteiger partial charge in [0.15, 0.2) is 5.17 Å². The van der Waals surface area contributed by atoms with E-state index in [1.54, 1.807) is 16.7 Å². The van der Waals surface area contributed by atoms with E-state index in [-0.39, 0.29) is 11.9 Å². The molecule has 2 saturated heterocycles. The lowest BCUT2D eigenvalue weighted by atomic mass is 10.2. The van der Waals surface area contributed by atoms with Gasteiger partial charge in [0.05, 0.1) is 0 Å². The van der Waals surface area contributed by atoms with Crippen LogP contribution >= 0.6 is 11.8 Å². The van der Waals surface area contributed by atoms with Crippen LogP contribution in [-0.4, -0.2) is 47.4 Å². The standard InChI is InChI=1S/C11H19N3OS/c1-3-8-5-7-16-11(12-8)13-9-4-6-14(2)10(9)15/h8-9H,3-7H2,1-2H3,(H,12,13). The molecule has 16 heavy (non-hydrogen) atoms. The van der Waals surface area contributed by atoms with Crippen LogP contribution in [0, 0.1) is 0 Å². The number of likely N-dealkylation sites (N-methyl/N-ethyl adjacent to an activating group) is 1. The van der Waals surface area contributed by atoms with Crippen molar-refractivity contribution in [3.63, 3.8) is 0 Å². The summed E-state index contributed by atoms with van der Waals surface area (Å²) in [6.45, 7) is 3.02. The van der Waals surface area contributed by atoms with E-state index in [2.05, 4.69) is 17.2 Å². The molecule has 0 bridgehead atoms. The summed E-state index contributed by atoms with van der Waals surface area (Å²) in [7, 11) is 1.85. The summed E-state index contributed by atoms with van der Waals surface area (Å²) in [6.07, 6.45) is 3.18. The van der Waals surface area contributed by atoms with Gasteiger partial charge in [-0.3, -0.25) is 4.79 Å². The first-order valence-corrected chi connectivity index (χ1v) is 6.91. The molecule has 0 aromatic rings. The normalized spacial score (nSPS) is 33.2. The van der Waals surface area contributed by atoms with Gasteiger partial charge >= 0.3 is 0 Å². The Kier molecular flexibility index (Phi) is 3.74. The summed E-state index contributed by atoms with van der Waals surface area (Å²) in [5.74, 6) is 1.27. The van der Waals surface area contributed by atoms with E-state index in [1.807, 2.05) is 7.05 Å². The van der Waals surface area contributed by atoms with Gasteiger partial charge in [-0.05, 0) is 19.3 Å². The largest absolute Gasteiger partial charge is 0.362 e. The molecule has 2 unspecified atom stereocenters. The summed E-state index contributed by atoms with van der Waals surface area (Å²) in [5.41, 5.74) is 0. The second kappa shape index (κ2) is 5.08. The van der Waals surface area contributed by atoms with Crippen LogP contribution in [0.4, 0.5) is 0 Å². The van der Waals surface area contributed by atoms with Gasteiger partial charge in [-0.2, -0.15) is 0 Å². The van der Waals surface area contributed by atoms with E-state index in [1.165, 1.54) is 6.42 Å². The highest BCUT2D eigenvalue weighted by molar-refractivity contribution is 8.13. The minimum atomic E-state index is -0.143. The Balaban J connectivity index is 1.98. The van der Waals surface area contributed by atoms with E-state index in [9.17, 15) is 4.79 Å². The quantitative estimate of drug-likeness (QED) is 0.787. The zero-order valence-corrected chi connectivity index (χ0v) is 10.7. The molecule has 5 heteroatoms. The molecular weight excluding hydrogens is 222 g/mol. The molecule has 2 atom stereocenters. The topological polar surface area (TPSA) is 44.7 Å². The third-order valence-electron chi connectivity index (χ3n) is 3.20. The third-order valence-corrected chi connectivity index (χ3v) is 4.13. The van der Waals surface area contributed by atoms with Crippen LogP contribution in [0.15, 0.2) is 4.99 Å². The smallest absolute Gasteiger partial charge is 0.247 e. The van der Waals surface area contributed by atoms with Gasteiger partial charge in [-0.25, -0.2) is 4.99 Å². The maximum Gasteiger partial charge on any atom is 0.247 e. The summed E-state index contributed by atoms with van der Waals surface area (Å²) in [5, 5.41) is 4.37. The number of rotatable bonds is 2. The van der Waals surface area contributed by atoms with Gasteiger partial charge in [0.2, 0.25) is 5.91 Å². The fourth-order valence-electron chi connectivity index (χ4n) is 2.03. The Morgan fingerprint density at radius 3 is 3.00 bits per heavy atom. The number of likely N-dealkylation sites (tertiary alicyclic amines) is 1. The fraction of sp³-hybridized carbons (Fsp3) is 0.818. The number of thioether (sulfide) groups is 1. The summed E-state index contributed by atoms with van der Waals surface area (Å²) in [4.78, 5) is 18.0. The number of amides is 1. The van der Waals surface area contributed by atoms with E-state index >= 15 is 0 Å². The number of nitrogens with one attached hydrogen (secondary N) is 1. The van der Waals surface area contributed by atoms with Gasteiger partial charge in [-0.1, -0.05) is 18.7 Å². The molecular formula is C11H19N3OS. The van der Waals surface area contributed by atoms with Crippen LogP contribution in [-0.2, 0) is 4.79 Å². The predicted octanol–water partition coefficient (Wildman–Crippen LogP) is 1.08. The van der Waals surface area contributed by atoms with E-state index in [0.29, 0.717) is 6.04 Å². The van der Waals surface area contributed by atoms with Crippen molar-refractivity contribution in [3.8, 4) is 0 Å². The van der Waals surface area contributed by atoms with Crippen molar-refractivity contribution in [2.45, 2.75) is 38.3 Å². The Morgan fingerprint density at radius 1 is 1.56 bits per heavy atom. The zero-order chi connectivity index (χ0) is 11.5. The lowest BCUT2D eigenvalue weighted by Crippen LogP contribution is -2.38. The molecule has 4 nitrogen and oxygen atoms in total. The van der Waals surface area contributed by atoms with Crippen LogP contribution in [0.2, 0.25) is 0 Å². The Morgan fingerprint density at radius 2 is 2.38 bits per heavy atom. The van der Waals surface area contributed by atoms with Gasteiger partial charge in [0.1, 0.15) is 6.04 Å². The predicted molar refractivity (Wildman–Crippen MR) is 67.8 cm³/mol. The number of carbonyl (C=O) groups is 1. The summed E-state index contributed by atoms with van der Waals surface area (Å²) in [6, 6.07) is 0.393. The van der Waals surface area contributed by atoms with Gasteiger partial charge < -0.3 is 10.2 Å². The maximum atomic E-state index is 11.7. The Hall–Kier alpha value is -0.710. The van der Waals surface area contributed by atoms with E-state index < -0.39 is 0 Å². The molecule has 0 radical (unpaired) electrons. The number of hydrogen-bond acceptors (Lipinski definition) is 3. The van der Waals surface area contributed by atoms with Crippen LogP contribution in [0.3, 0.4) is 0 Å². The third kappa shape index (κ3) is 2.51. The van der Waals surface area contributed by atoms with Crippen molar-refractivity contribution in [3.05, 3.63) is 0 Å². The van der Waals surface area contributed by atoms with Crippen molar-refractivity contribution in [2.75, 3.05) is 19.3 Å². The van der Waals surface area contributed by atoms with Gasteiger partial charge in [0.25, 0.3) is 0 Å². The molecule has 2 fully saturated rings. The highest BCUT2D eigenvalue weighted by atomic mass is 32.2. The molecule has 2 aliphatic rings. The van der Waals surface area contributed by atoms with Crippen LogP contribution in [0.25, 0.3) is 0 Å². The lowest BCUT2D eigenvalue weighted by Gasteiger charge is -2.24. The molecule has 0 aromatic carbocycles. The molecule has 0 spiro atoms. The number of aliphatic imine (C=N–C) groups is 1. The highest BCUT2D eigenvalue weighted by Crippen LogP contribution is 2.19. The molecule has 2 rings (SSSR count).